The molecule has 0 aliphatic heterocycles. The Labute approximate surface area is 113 Å². The van der Waals surface area contributed by atoms with Gasteiger partial charge in [-0.2, -0.15) is 0 Å². The fourth-order valence-corrected chi connectivity index (χ4v) is 1.06. The van der Waals surface area contributed by atoms with Crippen LogP contribution in [0.5, 0.6) is 0 Å². The lowest BCUT2D eigenvalue weighted by molar-refractivity contribution is -0.231. The molecule has 0 spiro atoms. The average Bonchev–Trinajstić information content (AvgIpc) is 2.42. The molecule has 0 aromatic heterocycles. The molecule has 0 amide bonds. The van der Waals surface area contributed by atoms with E-state index < -0.39 is 23.9 Å². The molecule has 0 aliphatic carbocycles. The van der Waals surface area contributed by atoms with E-state index in [-0.39, 0.29) is 11.1 Å². The Morgan fingerprint density at radius 3 is 1.50 bits per heavy atom. The Morgan fingerprint density at radius 2 is 1.15 bits per heavy atom. The summed E-state index contributed by atoms with van der Waals surface area (Å²) in [5.74, 6) is -3.54. The zero-order valence-electron chi connectivity index (χ0n) is 10.6. The highest BCUT2D eigenvalue weighted by atomic mass is 17.2. The van der Waals surface area contributed by atoms with Crippen molar-refractivity contribution in [3.8, 4) is 0 Å². The smallest absolute Gasteiger partial charge is 0.248 e. The van der Waals surface area contributed by atoms with Crippen LogP contribution in [0.4, 0.5) is 0 Å². The third-order valence-electron chi connectivity index (χ3n) is 1.80. The average molecular weight is 282 g/mol. The molecule has 106 valence electrons. The van der Waals surface area contributed by atoms with Gasteiger partial charge in [0.05, 0.1) is 11.1 Å². The molecule has 1 aromatic rings. The summed E-state index contributed by atoms with van der Waals surface area (Å²) < 4.78 is 0. The van der Waals surface area contributed by atoms with Gasteiger partial charge in [-0.1, -0.05) is 6.07 Å². The Hall–Kier alpha value is -2.90. The van der Waals surface area contributed by atoms with Gasteiger partial charge >= 0.3 is 23.9 Å². The van der Waals surface area contributed by atoms with Gasteiger partial charge in [-0.3, -0.25) is 0 Å². The van der Waals surface area contributed by atoms with E-state index >= 15 is 0 Å². The molecule has 0 saturated carbocycles. The van der Waals surface area contributed by atoms with Gasteiger partial charge in [-0.25, -0.2) is 38.7 Å². The normalized spacial score (nSPS) is 9.30. The fraction of sp³-hybridized carbons (Fsp3) is 0.167. The minimum atomic E-state index is -0.970. The maximum Gasteiger partial charge on any atom is 0.386 e. The molecule has 8 nitrogen and oxygen atoms in total. The molecule has 1 aromatic carbocycles. The van der Waals surface area contributed by atoms with Gasteiger partial charge in [0.15, 0.2) is 0 Å². The first-order valence-corrected chi connectivity index (χ1v) is 5.29. The van der Waals surface area contributed by atoms with Crippen LogP contribution >= 0.6 is 0 Å². The summed E-state index contributed by atoms with van der Waals surface area (Å²) in [6.45, 7) is 2.11. The summed E-state index contributed by atoms with van der Waals surface area (Å²) in [5.41, 5.74) is -0.105. The van der Waals surface area contributed by atoms with Crippen LogP contribution in [0, 0.1) is 0 Å². The Bertz CT molecular complexity index is 503. The Kier molecular flexibility index (Phi) is 5.21. The van der Waals surface area contributed by atoms with E-state index in [4.69, 9.17) is 0 Å². The summed E-state index contributed by atoms with van der Waals surface area (Å²) in [4.78, 5) is 60.4. The highest BCUT2D eigenvalue weighted by Gasteiger charge is 2.15. The molecule has 0 aliphatic rings. The first-order chi connectivity index (χ1) is 9.40. The van der Waals surface area contributed by atoms with Crippen molar-refractivity contribution >= 4 is 23.9 Å². The molecule has 20 heavy (non-hydrogen) atoms. The lowest BCUT2D eigenvalue weighted by atomic mass is 10.1. The van der Waals surface area contributed by atoms with Gasteiger partial charge < -0.3 is 0 Å². The fourth-order valence-electron chi connectivity index (χ4n) is 1.06. The topological polar surface area (TPSA) is 105 Å². The third-order valence-corrected chi connectivity index (χ3v) is 1.80. The predicted molar refractivity (Wildman–Crippen MR) is 60.8 cm³/mol. The van der Waals surface area contributed by atoms with E-state index in [0.717, 1.165) is 19.9 Å². The number of hydrogen-bond acceptors (Lipinski definition) is 8. The molecular formula is C12H10O8. The van der Waals surface area contributed by atoms with Crippen molar-refractivity contribution in [2.45, 2.75) is 13.8 Å². The van der Waals surface area contributed by atoms with E-state index in [1.807, 2.05) is 0 Å². The van der Waals surface area contributed by atoms with Gasteiger partial charge in [0.25, 0.3) is 0 Å². The number of hydrogen-bond donors (Lipinski definition) is 0. The van der Waals surface area contributed by atoms with Crippen molar-refractivity contribution in [3.63, 3.8) is 0 Å². The van der Waals surface area contributed by atoms with Gasteiger partial charge in [-0.15, -0.1) is 0 Å². The monoisotopic (exact) mass is 282 g/mol. The van der Waals surface area contributed by atoms with Crippen molar-refractivity contribution in [3.05, 3.63) is 35.4 Å². The van der Waals surface area contributed by atoms with E-state index in [2.05, 4.69) is 19.6 Å². The first-order valence-electron chi connectivity index (χ1n) is 5.29. The molecule has 0 unspecified atom stereocenters. The van der Waals surface area contributed by atoms with Crippen molar-refractivity contribution in [1.29, 1.82) is 0 Å². The Morgan fingerprint density at radius 1 is 0.750 bits per heavy atom. The van der Waals surface area contributed by atoms with Crippen LogP contribution < -0.4 is 0 Å². The van der Waals surface area contributed by atoms with Gasteiger partial charge in [0, 0.05) is 13.8 Å². The first kappa shape index (κ1) is 15.2. The molecule has 0 atom stereocenters. The van der Waals surface area contributed by atoms with E-state index in [1.165, 1.54) is 18.2 Å². The van der Waals surface area contributed by atoms with Crippen LogP contribution in [0.3, 0.4) is 0 Å². The van der Waals surface area contributed by atoms with E-state index in [1.54, 1.807) is 0 Å². The van der Waals surface area contributed by atoms with Crippen molar-refractivity contribution < 1.29 is 38.7 Å². The summed E-state index contributed by atoms with van der Waals surface area (Å²) in [6, 6.07) is 5.15. The van der Waals surface area contributed by atoms with Crippen LogP contribution in [0.2, 0.25) is 0 Å². The quantitative estimate of drug-likeness (QED) is 0.583. The molecular weight excluding hydrogens is 272 g/mol. The second kappa shape index (κ2) is 6.88. The lowest BCUT2D eigenvalue weighted by Gasteiger charge is -2.03. The van der Waals surface area contributed by atoms with Crippen molar-refractivity contribution in [1.82, 2.24) is 0 Å². The maximum atomic E-state index is 11.5. The molecule has 0 heterocycles. The molecule has 0 bridgehead atoms. The highest BCUT2D eigenvalue weighted by Crippen LogP contribution is 2.09. The number of carbonyl (C=O) groups excluding carboxylic acids is 4. The maximum absolute atomic E-state index is 11.5. The third kappa shape index (κ3) is 4.77. The molecule has 0 fully saturated rings. The summed E-state index contributed by atoms with van der Waals surface area (Å²) in [7, 11) is 0. The molecule has 8 heteroatoms. The van der Waals surface area contributed by atoms with Crippen LogP contribution in [-0.4, -0.2) is 23.9 Å². The van der Waals surface area contributed by atoms with Crippen LogP contribution in [-0.2, 0) is 29.1 Å². The molecule has 0 radical (unpaired) electrons. The highest BCUT2D eigenvalue weighted by molar-refractivity contribution is 5.95. The van der Waals surface area contributed by atoms with Crippen LogP contribution in [0.25, 0.3) is 0 Å². The zero-order chi connectivity index (χ0) is 15.1. The van der Waals surface area contributed by atoms with Gasteiger partial charge in [0.1, 0.15) is 0 Å². The SMILES string of the molecule is CC(=O)OOC(=O)c1cccc(C(=O)OOC(C)=O)c1. The summed E-state index contributed by atoms with van der Waals surface area (Å²) in [5, 5.41) is 0. The zero-order valence-corrected chi connectivity index (χ0v) is 10.6. The Balaban J connectivity index is 2.74. The van der Waals surface area contributed by atoms with Crippen LogP contribution in [0.1, 0.15) is 34.6 Å². The second-order valence-corrected chi connectivity index (χ2v) is 3.47. The summed E-state index contributed by atoms with van der Waals surface area (Å²) in [6.07, 6.45) is 0. The minimum absolute atomic E-state index is 0.0523. The van der Waals surface area contributed by atoms with E-state index in [9.17, 15) is 19.2 Å². The number of benzene rings is 1. The standard InChI is InChI=1S/C12H10O8/c1-7(13)17-19-11(15)9-4-3-5-10(6-9)12(16)20-18-8(2)14/h3-6H,1-2H3. The molecule has 0 saturated heterocycles. The predicted octanol–water partition coefficient (Wildman–Crippen LogP) is 0.956. The van der Waals surface area contributed by atoms with E-state index in [0.29, 0.717) is 0 Å². The minimum Gasteiger partial charge on any atom is -0.248 e. The van der Waals surface area contributed by atoms with Crippen molar-refractivity contribution in [2.24, 2.45) is 0 Å². The van der Waals surface area contributed by atoms with Gasteiger partial charge in [0.2, 0.25) is 0 Å². The van der Waals surface area contributed by atoms with Gasteiger partial charge in [-0.05, 0) is 18.2 Å². The largest absolute Gasteiger partial charge is 0.386 e. The van der Waals surface area contributed by atoms with Crippen LogP contribution in [0.15, 0.2) is 24.3 Å². The summed E-state index contributed by atoms with van der Waals surface area (Å²) >= 11 is 0. The lowest BCUT2D eigenvalue weighted by Crippen LogP contribution is -2.12. The number of rotatable bonds is 2. The molecule has 1 rings (SSSR count). The molecule has 0 N–H and O–H groups in total. The number of carbonyl (C=O) groups is 4. The second-order valence-electron chi connectivity index (χ2n) is 3.47. The van der Waals surface area contributed by atoms with Crippen molar-refractivity contribution in [2.75, 3.05) is 0 Å².